The SMILES string of the molecule is C#CCCC/C(CCCC)=C(\C=C=C)B1OC(C)(C)C(C)(C)O1. The molecule has 1 fully saturated rings. The van der Waals surface area contributed by atoms with Gasteiger partial charge in [0.1, 0.15) is 0 Å². The minimum atomic E-state index is -0.355. The van der Waals surface area contributed by atoms with Crippen LogP contribution in [-0.2, 0) is 9.31 Å². The zero-order chi connectivity index (χ0) is 17.5. The van der Waals surface area contributed by atoms with Crippen LogP contribution in [0.3, 0.4) is 0 Å². The molecule has 0 aromatic rings. The van der Waals surface area contributed by atoms with E-state index < -0.39 is 0 Å². The Kier molecular flexibility index (Phi) is 7.42. The Labute approximate surface area is 143 Å². The van der Waals surface area contributed by atoms with E-state index in [0.29, 0.717) is 0 Å². The van der Waals surface area contributed by atoms with Crippen molar-refractivity contribution in [2.75, 3.05) is 0 Å². The molecular formula is C20H31BO2. The molecule has 1 aliphatic heterocycles. The first kappa shape index (κ1) is 19.9. The highest BCUT2D eigenvalue weighted by molar-refractivity contribution is 6.55. The maximum Gasteiger partial charge on any atom is 0.495 e. The molecule has 1 aliphatic rings. The highest BCUT2D eigenvalue weighted by Crippen LogP contribution is 2.40. The number of rotatable bonds is 8. The van der Waals surface area contributed by atoms with Gasteiger partial charge in [-0.1, -0.05) is 25.5 Å². The molecule has 0 aromatic heterocycles. The maximum absolute atomic E-state index is 6.23. The Morgan fingerprint density at radius 2 is 1.70 bits per heavy atom. The molecule has 23 heavy (non-hydrogen) atoms. The van der Waals surface area contributed by atoms with Crippen LogP contribution in [0.5, 0.6) is 0 Å². The zero-order valence-electron chi connectivity index (χ0n) is 15.5. The fourth-order valence-electron chi connectivity index (χ4n) is 2.62. The summed E-state index contributed by atoms with van der Waals surface area (Å²) in [4.78, 5) is 0. The van der Waals surface area contributed by atoms with Crippen molar-refractivity contribution in [2.24, 2.45) is 0 Å². The minimum Gasteiger partial charge on any atom is -0.399 e. The van der Waals surface area contributed by atoms with Crippen LogP contribution in [-0.4, -0.2) is 18.3 Å². The van der Waals surface area contributed by atoms with Crippen LogP contribution in [0.15, 0.2) is 29.4 Å². The van der Waals surface area contributed by atoms with E-state index in [1.807, 2.05) is 6.08 Å². The standard InChI is InChI=1S/C20H31BO2/c1-8-11-13-16-17(15-12-9-2)18(14-10-3)21-22-19(4,5)20(6,7)23-21/h1,14H,3,9,11-13,15-16H2,2,4-7H3/b18-17+. The second-order valence-corrected chi connectivity index (χ2v) is 7.16. The number of hydrogen-bond donors (Lipinski definition) is 0. The topological polar surface area (TPSA) is 18.5 Å². The van der Waals surface area contributed by atoms with E-state index in [9.17, 15) is 0 Å². The molecule has 2 nitrogen and oxygen atoms in total. The van der Waals surface area contributed by atoms with E-state index >= 15 is 0 Å². The van der Waals surface area contributed by atoms with Gasteiger partial charge in [0.05, 0.1) is 11.2 Å². The average molecular weight is 314 g/mol. The molecule has 0 saturated carbocycles. The lowest BCUT2D eigenvalue weighted by Gasteiger charge is -2.32. The van der Waals surface area contributed by atoms with Crippen molar-refractivity contribution < 1.29 is 9.31 Å². The molecule has 0 atom stereocenters. The second kappa shape index (κ2) is 8.60. The van der Waals surface area contributed by atoms with E-state index in [4.69, 9.17) is 15.7 Å². The van der Waals surface area contributed by atoms with Crippen LogP contribution in [0.25, 0.3) is 0 Å². The van der Waals surface area contributed by atoms with Gasteiger partial charge < -0.3 is 9.31 Å². The van der Waals surface area contributed by atoms with Crippen LogP contribution in [0.1, 0.15) is 73.1 Å². The summed E-state index contributed by atoms with van der Waals surface area (Å²) in [5, 5.41) is 0. The van der Waals surface area contributed by atoms with E-state index in [0.717, 1.165) is 44.0 Å². The largest absolute Gasteiger partial charge is 0.495 e. The summed E-state index contributed by atoms with van der Waals surface area (Å²) in [6.45, 7) is 14.3. The molecule has 1 heterocycles. The summed E-state index contributed by atoms with van der Waals surface area (Å²) in [6.07, 6.45) is 13.4. The van der Waals surface area contributed by atoms with Crippen LogP contribution < -0.4 is 0 Å². The highest BCUT2D eigenvalue weighted by Gasteiger charge is 2.52. The number of terminal acetylenes is 1. The summed E-state index contributed by atoms with van der Waals surface area (Å²) in [7, 11) is -0.355. The molecule has 0 aliphatic carbocycles. The van der Waals surface area contributed by atoms with Gasteiger partial charge in [-0.05, 0) is 64.9 Å². The van der Waals surface area contributed by atoms with Gasteiger partial charge in [-0.15, -0.1) is 18.1 Å². The Morgan fingerprint density at radius 1 is 1.13 bits per heavy atom. The summed E-state index contributed by atoms with van der Waals surface area (Å²) >= 11 is 0. The van der Waals surface area contributed by atoms with Gasteiger partial charge in [0.25, 0.3) is 0 Å². The third-order valence-electron chi connectivity index (χ3n) is 4.80. The predicted octanol–water partition coefficient (Wildman–Crippen LogP) is 5.25. The van der Waals surface area contributed by atoms with Crippen molar-refractivity contribution in [3.8, 4) is 12.3 Å². The van der Waals surface area contributed by atoms with Gasteiger partial charge in [0, 0.05) is 6.42 Å². The molecule has 0 bridgehead atoms. The lowest BCUT2D eigenvalue weighted by atomic mass is 9.73. The summed E-state index contributed by atoms with van der Waals surface area (Å²) in [6, 6.07) is 0. The van der Waals surface area contributed by atoms with Crippen molar-refractivity contribution in [3.05, 3.63) is 29.4 Å². The van der Waals surface area contributed by atoms with E-state index in [-0.39, 0.29) is 18.3 Å². The molecule has 0 N–H and O–H groups in total. The van der Waals surface area contributed by atoms with Crippen molar-refractivity contribution in [1.29, 1.82) is 0 Å². The second-order valence-electron chi connectivity index (χ2n) is 7.16. The van der Waals surface area contributed by atoms with Gasteiger partial charge in [0.2, 0.25) is 0 Å². The smallest absolute Gasteiger partial charge is 0.399 e. The molecule has 0 unspecified atom stereocenters. The van der Waals surface area contributed by atoms with Gasteiger partial charge in [-0.2, -0.15) is 0 Å². The first-order chi connectivity index (χ1) is 10.8. The molecule has 126 valence electrons. The molecule has 0 amide bonds. The van der Waals surface area contributed by atoms with Crippen molar-refractivity contribution >= 4 is 7.12 Å². The lowest BCUT2D eigenvalue weighted by Crippen LogP contribution is -2.41. The van der Waals surface area contributed by atoms with Gasteiger partial charge >= 0.3 is 7.12 Å². The van der Waals surface area contributed by atoms with Gasteiger partial charge in [-0.25, -0.2) is 0 Å². The average Bonchev–Trinajstić information content (AvgIpc) is 2.69. The quantitative estimate of drug-likeness (QED) is 0.200. The zero-order valence-corrected chi connectivity index (χ0v) is 15.5. The third kappa shape index (κ3) is 5.15. The Bertz CT molecular complexity index is 500. The van der Waals surface area contributed by atoms with Crippen molar-refractivity contribution in [2.45, 2.75) is 84.3 Å². The Balaban J connectivity index is 3.12. The fraction of sp³-hybridized carbons (Fsp3) is 0.650. The molecule has 0 spiro atoms. The minimum absolute atomic E-state index is 0.341. The molecule has 1 rings (SSSR count). The summed E-state index contributed by atoms with van der Waals surface area (Å²) < 4.78 is 12.5. The van der Waals surface area contributed by atoms with Gasteiger partial charge in [-0.3, -0.25) is 0 Å². The molecular weight excluding hydrogens is 283 g/mol. The first-order valence-electron chi connectivity index (χ1n) is 8.66. The molecule has 0 aromatic carbocycles. The Hall–Kier alpha value is -1.20. The monoisotopic (exact) mass is 314 g/mol. The van der Waals surface area contributed by atoms with E-state index in [1.54, 1.807) is 0 Å². The first-order valence-corrected chi connectivity index (χ1v) is 8.66. The predicted molar refractivity (Wildman–Crippen MR) is 99.0 cm³/mol. The lowest BCUT2D eigenvalue weighted by molar-refractivity contribution is 0.00578. The normalized spacial score (nSPS) is 19.7. The molecule has 3 heteroatoms. The van der Waals surface area contributed by atoms with Crippen LogP contribution >= 0.6 is 0 Å². The van der Waals surface area contributed by atoms with E-state index in [1.165, 1.54) is 5.57 Å². The number of unbranched alkanes of at least 4 members (excludes halogenated alkanes) is 2. The third-order valence-corrected chi connectivity index (χ3v) is 4.80. The Morgan fingerprint density at radius 3 is 2.17 bits per heavy atom. The van der Waals surface area contributed by atoms with Crippen LogP contribution in [0, 0.1) is 12.3 Å². The fourth-order valence-corrected chi connectivity index (χ4v) is 2.62. The summed E-state index contributed by atoms with van der Waals surface area (Å²) in [5.74, 6) is 2.72. The molecule has 1 saturated heterocycles. The maximum atomic E-state index is 6.23. The van der Waals surface area contributed by atoms with Gasteiger partial charge in [0.15, 0.2) is 0 Å². The number of hydrogen-bond acceptors (Lipinski definition) is 2. The molecule has 0 radical (unpaired) electrons. The van der Waals surface area contributed by atoms with Crippen LogP contribution in [0.4, 0.5) is 0 Å². The van der Waals surface area contributed by atoms with Crippen molar-refractivity contribution in [1.82, 2.24) is 0 Å². The van der Waals surface area contributed by atoms with Crippen molar-refractivity contribution in [3.63, 3.8) is 0 Å². The van der Waals surface area contributed by atoms with E-state index in [2.05, 4.69) is 52.8 Å². The van der Waals surface area contributed by atoms with Crippen LogP contribution in [0.2, 0.25) is 0 Å². The summed E-state index contributed by atoms with van der Waals surface area (Å²) in [5.41, 5.74) is 4.66. The number of allylic oxidation sites excluding steroid dienone is 3. The highest BCUT2D eigenvalue weighted by atomic mass is 16.7.